The third-order valence-electron chi connectivity index (χ3n) is 21.5. The molecule has 108 heavy (non-hydrogen) atoms. The van der Waals surface area contributed by atoms with Crippen LogP contribution in [0.15, 0.2) is 370 Å². The molecule has 22 rings (SSSR count). The summed E-state index contributed by atoms with van der Waals surface area (Å²) in [6, 6.07) is 124. The first-order valence-corrected chi connectivity index (χ1v) is 36.3. The average molecular weight is 1380 g/mol. The van der Waals surface area contributed by atoms with Crippen LogP contribution in [0.25, 0.3) is 233 Å². The highest BCUT2D eigenvalue weighted by Crippen LogP contribution is 2.46. The molecular weight excluding hydrogens is 1320 g/mol. The fourth-order valence-electron chi connectivity index (χ4n) is 16.1. The van der Waals surface area contributed by atoms with E-state index >= 15 is 0 Å². The summed E-state index contributed by atoms with van der Waals surface area (Å²) in [6.45, 7) is 0. The van der Waals surface area contributed by atoms with Crippen LogP contribution < -0.4 is 0 Å². The first-order valence-electron chi connectivity index (χ1n) is 36.3. The Hall–Kier alpha value is -14.6. The molecule has 0 radical (unpaired) electrons. The summed E-state index contributed by atoms with van der Waals surface area (Å²) >= 11 is 0. The third-order valence-corrected chi connectivity index (χ3v) is 21.5. The molecule has 0 atom stereocenters. The zero-order valence-electron chi connectivity index (χ0n) is 57.9. The predicted octanol–water partition coefficient (Wildman–Crippen LogP) is 27.5. The first-order chi connectivity index (χ1) is 53.4. The van der Waals surface area contributed by atoms with E-state index in [4.69, 9.17) is 37.6 Å². The number of fused-ring (bicyclic) bond motifs is 14. The zero-order valence-corrected chi connectivity index (χ0v) is 57.9. The lowest BCUT2D eigenvalue weighted by atomic mass is 9.92. The second-order valence-corrected chi connectivity index (χ2v) is 27.9. The van der Waals surface area contributed by atoms with Gasteiger partial charge in [-0.2, -0.15) is 0 Å². The molecule has 0 saturated heterocycles. The maximum Gasteiger partial charge on any atom is 0.161 e. The van der Waals surface area contributed by atoms with Crippen molar-refractivity contribution in [3.8, 4) is 123 Å². The summed E-state index contributed by atoms with van der Waals surface area (Å²) in [5.74, 6) is 1.26. The lowest BCUT2D eigenvalue weighted by Crippen LogP contribution is -1.97. The Balaban J connectivity index is 0.680. The number of rotatable bonds is 11. The van der Waals surface area contributed by atoms with Crippen LogP contribution in [0.2, 0.25) is 0 Å². The van der Waals surface area contributed by atoms with Crippen molar-refractivity contribution in [2.45, 2.75) is 0 Å². The van der Waals surface area contributed by atoms with Gasteiger partial charge in [-0.05, 0) is 199 Å². The molecule has 16 aromatic carbocycles. The van der Waals surface area contributed by atoms with Crippen LogP contribution in [-0.4, -0.2) is 19.9 Å². The number of hydrogen-bond donors (Lipinski definition) is 0. The molecule has 0 fully saturated rings. The minimum atomic E-state index is 0.609. The second-order valence-electron chi connectivity index (χ2n) is 27.9. The Bertz CT molecular complexity index is 7320. The summed E-state index contributed by atoms with van der Waals surface area (Å²) in [4.78, 5) is 21.8. The van der Waals surface area contributed by atoms with E-state index in [1.807, 2.05) is 48.5 Å². The van der Waals surface area contributed by atoms with Crippen molar-refractivity contribution in [2.75, 3.05) is 0 Å². The van der Waals surface area contributed by atoms with Crippen molar-refractivity contribution < 1.29 is 17.7 Å². The molecular formula is C100H58N4O4. The zero-order chi connectivity index (χ0) is 70.9. The van der Waals surface area contributed by atoms with Gasteiger partial charge in [0.05, 0.1) is 22.8 Å². The number of furan rings is 4. The topological polar surface area (TPSA) is 104 Å². The fourth-order valence-corrected chi connectivity index (χ4v) is 16.1. The van der Waals surface area contributed by atoms with Crippen molar-refractivity contribution in [1.82, 2.24) is 19.9 Å². The Morgan fingerprint density at radius 1 is 0.157 bits per heavy atom. The summed E-state index contributed by atoms with van der Waals surface area (Å²) in [5, 5.41) is 12.8. The van der Waals surface area contributed by atoms with Crippen molar-refractivity contribution in [3.63, 3.8) is 0 Å². The molecule has 8 nitrogen and oxygen atoms in total. The highest BCUT2D eigenvalue weighted by Gasteiger charge is 2.23. The van der Waals surface area contributed by atoms with Gasteiger partial charge in [-0.15, -0.1) is 0 Å². The molecule has 22 aromatic rings. The summed E-state index contributed by atoms with van der Waals surface area (Å²) < 4.78 is 26.2. The largest absolute Gasteiger partial charge is 0.456 e. The molecule has 0 N–H and O–H groups in total. The molecule has 0 spiro atoms. The highest BCUT2D eigenvalue weighted by atomic mass is 16.3. The fraction of sp³-hybridized carbons (Fsp3) is 0. The van der Waals surface area contributed by atoms with Crippen LogP contribution in [0.4, 0.5) is 0 Å². The van der Waals surface area contributed by atoms with E-state index < -0.39 is 0 Å². The lowest BCUT2D eigenvalue weighted by Gasteiger charge is -2.15. The summed E-state index contributed by atoms with van der Waals surface area (Å²) in [5.41, 5.74) is 26.0. The number of aromatic nitrogens is 4. The van der Waals surface area contributed by atoms with Crippen LogP contribution in [0.5, 0.6) is 0 Å². The van der Waals surface area contributed by atoms with Crippen LogP contribution in [0.3, 0.4) is 0 Å². The van der Waals surface area contributed by atoms with Gasteiger partial charge in [0.2, 0.25) is 0 Å². The Labute approximate surface area is 618 Å². The summed E-state index contributed by atoms with van der Waals surface area (Å²) in [6.07, 6.45) is 0. The predicted molar refractivity (Wildman–Crippen MR) is 442 cm³/mol. The van der Waals surface area contributed by atoms with Gasteiger partial charge >= 0.3 is 0 Å². The SMILES string of the molecule is c1ccc(-c2cc(-c3cc(-c4ccc5oc6ccccc6c5c4)cc(-c4ccc5oc6c(-c7ccc(-c8nc(-c9ccccc9)cc(-c9cc(-c%10ccc%11oc%12ccccc%12c%11c%10)cc(-c%10ccc%11oc%12ccccc%12c%11c%10)c9)n8)c8ccccc78)cccc6c5c4)c3)nc(-c3ccc4ccccc4c3)n2)cc1. The maximum atomic E-state index is 7.11. The van der Waals surface area contributed by atoms with Crippen molar-refractivity contribution in [3.05, 3.63) is 352 Å². The van der Waals surface area contributed by atoms with Crippen LogP contribution in [0, 0.1) is 0 Å². The molecule has 6 aromatic heterocycles. The molecule has 502 valence electrons. The van der Waals surface area contributed by atoms with Gasteiger partial charge in [-0.25, -0.2) is 19.9 Å². The van der Waals surface area contributed by atoms with Crippen molar-refractivity contribution in [1.29, 1.82) is 0 Å². The van der Waals surface area contributed by atoms with Crippen LogP contribution >= 0.6 is 0 Å². The second kappa shape index (κ2) is 24.5. The van der Waals surface area contributed by atoms with E-state index in [9.17, 15) is 0 Å². The van der Waals surface area contributed by atoms with Crippen molar-refractivity contribution in [2.24, 2.45) is 0 Å². The van der Waals surface area contributed by atoms with E-state index in [-0.39, 0.29) is 0 Å². The molecule has 8 heteroatoms. The number of para-hydroxylation sites is 4. The molecule has 6 heterocycles. The van der Waals surface area contributed by atoms with Gasteiger partial charge < -0.3 is 17.7 Å². The molecule has 0 aliphatic heterocycles. The van der Waals surface area contributed by atoms with E-state index in [1.165, 1.54) is 0 Å². The van der Waals surface area contributed by atoms with Crippen LogP contribution in [-0.2, 0) is 0 Å². The van der Waals surface area contributed by atoms with Gasteiger partial charge in [0.1, 0.15) is 44.7 Å². The van der Waals surface area contributed by atoms with Gasteiger partial charge in [-0.1, -0.05) is 224 Å². The Morgan fingerprint density at radius 3 is 1.00 bits per heavy atom. The Morgan fingerprint density at radius 2 is 0.509 bits per heavy atom. The number of benzene rings is 16. The third kappa shape index (κ3) is 10.4. The number of nitrogens with zero attached hydrogens (tertiary/aromatic N) is 4. The summed E-state index contributed by atoms with van der Waals surface area (Å²) in [7, 11) is 0. The smallest absolute Gasteiger partial charge is 0.161 e. The quantitative estimate of drug-likeness (QED) is 0.126. The molecule has 0 bridgehead atoms. The minimum absolute atomic E-state index is 0.609. The van der Waals surface area contributed by atoms with Crippen LogP contribution in [0.1, 0.15) is 0 Å². The number of hydrogen-bond acceptors (Lipinski definition) is 8. The molecule has 0 amide bonds. The van der Waals surface area contributed by atoms with E-state index in [2.05, 4.69) is 303 Å². The standard InChI is InChI=1S/C100H58N4O4/c1-3-19-60(20-4-1)87-57-89(102-99(101-87)67-35-34-59-18-7-8-23-62(59)46-67)72-49-68(63-36-42-94-83(53-63)77-26-11-14-31-91(77)105-94)48-71(50-72)66-39-45-97-86(56-66)81-30-17-29-80(98(81)108-97)76-40-41-82(75-25-10-9-24-74(75)76)100-103-88(61-21-5-2-6-22-61)58-90(104-100)73-51-69(64-37-43-95-84(54-64)78-27-12-15-32-92(78)106-95)47-70(52-73)65-38-44-96-85(55-65)79-28-13-16-33-93(79)107-96/h1-58H. The Kier molecular flexibility index (Phi) is 13.8. The van der Waals surface area contributed by atoms with E-state index in [0.717, 1.165) is 221 Å². The van der Waals surface area contributed by atoms with Gasteiger partial charge in [0.15, 0.2) is 11.6 Å². The van der Waals surface area contributed by atoms with Gasteiger partial charge in [-0.3, -0.25) is 0 Å². The normalized spacial score (nSPS) is 11.9. The molecule has 0 aliphatic carbocycles. The molecule has 0 saturated carbocycles. The van der Waals surface area contributed by atoms with Crippen molar-refractivity contribution >= 4 is 109 Å². The van der Waals surface area contributed by atoms with E-state index in [1.54, 1.807) is 0 Å². The van der Waals surface area contributed by atoms with E-state index in [0.29, 0.717) is 11.6 Å². The minimum Gasteiger partial charge on any atom is -0.456 e. The lowest BCUT2D eigenvalue weighted by molar-refractivity contribution is 0.668. The highest BCUT2D eigenvalue weighted by molar-refractivity contribution is 6.15. The monoisotopic (exact) mass is 1380 g/mol. The maximum absolute atomic E-state index is 7.11. The van der Waals surface area contributed by atoms with Gasteiger partial charge in [0, 0.05) is 82.0 Å². The average Bonchev–Trinajstić information content (AvgIpc) is 1.54. The van der Waals surface area contributed by atoms with Gasteiger partial charge in [0.25, 0.3) is 0 Å². The molecule has 0 unspecified atom stereocenters. The first kappa shape index (κ1) is 60.9. The molecule has 0 aliphatic rings.